The van der Waals surface area contributed by atoms with Gasteiger partial charge >= 0.3 is 6.03 Å². The minimum Gasteiger partial charge on any atom is -0.314 e. The van der Waals surface area contributed by atoms with Gasteiger partial charge in [-0.2, -0.15) is 0 Å². The van der Waals surface area contributed by atoms with E-state index in [1.54, 1.807) is 15.5 Å². The fraction of sp³-hybridized carbons (Fsp3) is 0.156. The normalized spacial score (nSPS) is 11.7. The molecule has 1 heterocycles. The van der Waals surface area contributed by atoms with Gasteiger partial charge < -0.3 is 10.2 Å². The average Bonchev–Trinajstić information content (AvgIpc) is 2.97. The zero-order valence-electron chi connectivity index (χ0n) is 21.6. The van der Waals surface area contributed by atoms with Crippen LogP contribution in [-0.4, -0.2) is 27.0 Å². The number of anilines is 1. The molecular weight excluding hydrogens is 552 g/mol. The maximum Gasteiger partial charge on any atom is 0.322 e. The van der Waals surface area contributed by atoms with Crippen LogP contribution in [0.3, 0.4) is 0 Å². The van der Waals surface area contributed by atoms with E-state index >= 15 is 0 Å². The molecule has 0 aliphatic carbocycles. The Kier molecular flexibility index (Phi) is 8.18. The Morgan fingerprint density at radius 3 is 2.23 bits per heavy atom. The number of rotatable bonds is 8. The van der Waals surface area contributed by atoms with Gasteiger partial charge in [0.2, 0.25) is 0 Å². The molecule has 1 unspecified atom stereocenters. The zero-order chi connectivity index (χ0) is 27.2. The summed E-state index contributed by atoms with van der Waals surface area (Å²) in [6.45, 7) is 2.46. The molecule has 6 nitrogen and oxygen atoms in total. The van der Waals surface area contributed by atoms with Gasteiger partial charge in [0.25, 0.3) is 5.56 Å². The number of urea groups is 1. The Morgan fingerprint density at radius 1 is 0.897 bits per heavy atom. The number of carbonyl (C=O) groups is 1. The van der Waals surface area contributed by atoms with Crippen LogP contribution in [0.1, 0.15) is 30.8 Å². The number of halogens is 1. The number of carbonyl (C=O) groups excluding carboxylic acids is 1. The first-order valence-corrected chi connectivity index (χ1v) is 13.8. The smallest absolute Gasteiger partial charge is 0.314 e. The number of nitrogens with one attached hydrogen (secondary N) is 1. The molecule has 5 rings (SSSR count). The van der Waals surface area contributed by atoms with E-state index in [1.165, 1.54) is 0 Å². The monoisotopic (exact) mass is 580 g/mol. The second-order valence-electron chi connectivity index (χ2n) is 9.25. The highest BCUT2D eigenvalue weighted by Crippen LogP contribution is 2.27. The summed E-state index contributed by atoms with van der Waals surface area (Å²) in [5.41, 5.74) is 2.98. The van der Waals surface area contributed by atoms with Crippen molar-refractivity contribution in [3.8, 4) is 5.69 Å². The highest BCUT2D eigenvalue weighted by molar-refractivity contribution is 9.10. The van der Waals surface area contributed by atoms with E-state index in [1.807, 2.05) is 97.9 Å². The first-order chi connectivity index (χ1) is 19.0. The average molecular weight is 582 g/mol. The van der Waals surface area contributed by atoms with Crippen molar-refractivity contribution in [2.24, 2.45) is 0 Å². The van der Waals surface area contributed by atoms with Crippen LogP contribution in [0.5, 0.6) is 0 Å². The van der Waals surface area contributed by atoms with Crippen LogP contribution in [0.25, 0.3) is 16.6 Å². The number of nitrogens with zero attached hydrogens (tertiary/aromatic N) is 3. The second-order valence-corrected chi connectivity index (χ2v) is 10.2. The molecule has 0 spiro atoms. The molecule has 0 fully saturated rings. The molecule has 1 atom stereocenters. The Labute approximate surface area is 236 Å². The molecular formula is C32H29BrN4O2. The molecule has 5 aromatic rings. The van der Waals surface area contributed by atoms with Gasteiger partial charge in [0, 0.05) is 16.7 Å². The first-order valence-electron chi connectivity index (χ1n) is 13.0. The van der Waals surface area contributed by atoms with Crippen LogP contribution in [0.15, 0.2) is 118 Å². The highest BCUT2D eigenvalue weighted by atomic mass is 79.9. The van der Waals surface area contributed by atoms with Gasteiger partial charge in [0.15, 0.2) is 0 Å². The van der Waals surface area contributed by atoms with Gasteiger partial charge in [0.1, 0.15) is 5.82 Å². The third-order valence-electron chi connectivity index (χ3n) is 6.72. The van der Waals surface area contributed by atoms with Gasteiger partial charge in [-0.1, -0.05) is 83.5 Å². The third kappa shape index (κ3) is 5.94. The Morgan fingerprint density at radius 2 is 1.54 bits per heavy atom. The molecule has 7 heteroatoms. The largest absolute Gasteiger partial charge is 0.322 e. The third-order valence-corrected chi connectivity index (χ3v) is 7.25. The number of hydrogen-bond acceptors (Lipinski definition) is 3. The number of fused-ring (bicyclic) bond motifs is 1. The summed E-state index contributed by atoms with van der Waals surface area (Å²) >= 11 is 3.45. The van der Waals surface area contributed by atoms with Gasteiger partial charge in [-0.25, -0.2) is 9.78 Å². The van der Waals surface area contributed by atoms with Crippen molar-refractivity contribution >= 4 is 38.6 Å². The summed E-state index contributed by atoms with van der Waals surface area (Å²) in [4.78, 5) is 34.5. The maximum atomic E-state index is 13.9. The second kappa shape index (κ2) is 12.1. The zero-order valence-corrected chi connectivity index (χ0v) is 23.2. The lowest BCUT2D eigenvalue weighted by molar-refractivity contribution is 0.182. The van der Waals surface area contributed by atoms with E-state index in [2.05, 4.69) is 33.4 Å². The van der Waals surface area contributed by atoms with Crippen molar-refractivity contribution in [3.05, 3.63) is 135 Å². The van der Waals surface area contributed by atoms with E-state index < -0.39 is 6.04 Å². The number of benzene rings is 4. The van der Waals surface area contributed by atoms with E-state index in [4.69, 9.17) is 4.98 Å². The number of amides is 2. The van der Waals surface area contributed by atoms with Gasteiger partial charge in [-0.3, -0.25) is 9.36 Å². The van der Waals surface area contributed by atoms with E-state index in [-0.39, 0.29) is 11.6 Å². The molecule has 0 radical (unpaired) electrons. The van der Waals surface area contributed by atoms with Crippen molar-refractivity contribution in [2.45, 2.75) is 25.8 Å². The molecule has 0 aliphatic heterocycles. The summed E-state index contributed by atoms with van der Waals surface area (Å²) in [6.07, 6.45) is 1.23. The summed E-state index contributed by atoms with van der Waals surface area (Å²) in [6, 6.07) is 33.7. The van der Waals surface area contributed by atoms with Crippen LogP contribution in [0.2, 0.25) is 0 Å². The summed E-state index contributed by atoms with van der Waals surface area (Å²) in [7, 11) is 0. The molecule has 196 valence electrons. The number of hydrogen-bond donors (Lipinski definition) is 1. The standard InChI is InChI=1S/C32H29BrN4O2/c1-2-29(30-35-28-16-10-9-15-27(28)31(38)37(30)26-13-7-4-8-14-26)36(22-21-23-11-5-3-6-12-23)32(39)34-25-19-17-24(33)18-20-25/h3-20,29H,2,21-22H2,1H3,(H,34,39). The van der Waals surface area contributed by atoms with E-state index in [0.717, 1.165) is 10.0 Å². The van der Waals surface area contributed by atoms with E-state index in [0.29, 0.717) is 47.5 Å². The lowest BCUT2D eigenvalue weighted by atomic mass is 10.1. The van der Waals surface area contributed by atoms with Crippen molar-refractivity contribution in [2.75, 3.05) is 11.9 Å². The van der Waals surface area contributed by atoms with Crippen LogP contribution >= 0.6 is 15.9 Å². The number of para-hydroxylation sites is 2. The van der Waals surface area contributed by atoms with Crippen LogP contribution < -0.4 is 10.9 Å². The molecule has 0 saturated carbocycles. The summed E-state index contributed by atoms with van der Waals surface area (Å²) in [5.74, 6) is 0.534. The molecule has 0 aliphatic rings. The van der Waals surface area contributed by atoms with Gasteiger partial charge in [-0.15, -0.1) is 0 Å². The molecule has 0 saturated heterocycles. The summed E-state index contributed by atoms with van der Waals surface area (Å²) in [5, 5.41) is 3.59. The quantitative estimate of drug-likeness (QED) is 0.208. The lowest BCUT2D eigenvalue weighted by Crippen LogP contribution is -2.42. The number of aromatic nitrogens is 2. The predicted molar refractivity (Wildman–Crippen MR) is 160 cm³/mol. The van der Waals surface area contributed by atoms with Crippen molar-refractivity contribution in [1.82, 2.24) is 14.5 Å². The maximum absolute atomic E-state index is 13.9. The Hall–Kier alpha value is -4.23. The fourth-order valence-corrected chi connectivity index (χ4v) is 5.03. The van der Waals surface area contributed by atoms with Crippen molar-refractivity contribution in [1.29, 1.82) is 0 Å². The summed E-state index contributed by atoms with van der Waals surface area (Å²) < 4.78 is 2.58. The lowest BCUT2D eigenvalue weighted by Gasteiger charge is -2.32. The van der Waals surface area contributed by atoms with Crippen LogP contribution in [0, 0.1) is 0 Å². The van der Waals surface area contributed by atoms with Gasteiger partial charge in [0.05, 0.1) is 22.6 Å². The highest BCUT2D eigenvalue weighted by Gasteiger charge is 2.29. The topological polar surface area (TPSA) is 67.2 Å². The van der Waals surface area contributed by atoms with Crippen molar-refractivity contribution in [3.63, 3.8) is 0 Å². The molecule has 2 amide bonds. The van der Waals surface area contributed by atoms with Gasteiger partial charge in [-0.05, 0) is 66.9 Å². The fourth-order valence-electron chi connectivity index (χ4n) is 4.76. The predicted octanol–water partition coefficient (Wildman–Crippen LogP) is 7.38. The molecule has 0 bridgehead atoms. The molecule has 4 aromatic carbocycles. The SMILES string of the molecule is CCC(c1nc2ccccc2c(=O)n1-c1ccccc1)N(CCc1ccccc1)C(=O)Nc1ccc(Br)cc1. The molecule has 39 heavy (non-hydrogen) atoms. The Balaban J connectivity index is 1.62. The minimum absolute atomic E-state index is 0.156. The van der Waals surface area contributed by atoms with Crippen LogP contribution in [-0.2, 0) is 6.42 Å². The van der Waals surface area contributed by atoms with E-state index in [9.17, 15) is 9.59 Å². The Bertz CT molecular complexity index is 1620. The minimum atomic E-state index is -0.457. The first kappa shape index (κ1) is 26.4. The van der Waals surface area contributed by atoms with Crippen molar-refractivity contribution < 1.29 is 4.79 Å². The van der Waals surface area contributed by atoms with Crippen LogP contribution in [0.4, 0.5) is 10.5 Å². The molecule has 1 N–H and O–H groups in total. The molecule has 1 aromatic heterocycles.